The summed E-state index contributed by atoms with van der Waals surface area (Å²) < 4.78 is 0. The van der Waals surface area contributed by atoms with Gasteiger partial charge in [-0.25, -0.2) is 0 Å². The maximum absolute atomic E-state index is 8.95. The number of nitrogens with one attached hydrogen (secondary N) is 2. The van der Waals surface area contributed by atoms with Crippen LogP contribution in [0.3, 0.4) is 0 Å². The largest absolute Gasteiger partial charge is 0.395 e. The molecule has 0 aliphatic heterocycles. The first-order valence-corrected chi connectivity index (χ1v) is 5.33. The minimum atomic E-state index is -0.0323. The van der Waals surface area contributed by atoms with E-state index in [0.29, 0.717) is 30.9 Å². The van der Waals surface area contributed by atoms with Crippen molar-refractivity contribution in [2.24, 2.45) is 0 Å². The van der Waals surface area contributed by atoms with E-state index >= 15 is 0 Å². The molecule has 0 aromatic carbocycles. The molecule has 0 bridgehead atoms. The molecule has 0 unspecified atom stereocenters. The summed E-state index contributed by atoms with van der Waals surface area (Å²) in [6.07, 6.45) is 0. The molecule has 1 heterocycles. The minimum absolute atomic E-state index is 0.0323. The van der Waals surface area contributed by atoms with Gasteiger partial charge in [0.05, 0.1) is 13.2 Å². The van der Waals surface area contributed by atoms with Crippen molar-refractivity contribution < 1.29 is 10.2 Å². The zero-order chi connectivity index (χ0) is 12.7. The van der Waals surface area contributed by atoms with Crippen molar-refractivity contribution in [3.05, 3.63) is 0 Å². The van der Waals surface area contributed by atoms with Crippen molar-refractivity contribution in [3.63, 3.8) is 0 Å². The lowest BCUT2D eigenvalue weighted by atomic mass is 10.5. The number of aromatic nitrogens is 3. The number of nitrogens with zero attached hydrogens (tertiary/aromatic N) is 4. The van der Waals surface area contributed by atoms with E-state index in [1.54, 1.807) is 19.0 Å². The fourth-order valence-electron chi connectivity index (χ4n) is 1.28. The first-order valence-electron chi connectivity index (χ1n) is 5.33. The van der Waals surface area contributed by atoms with Gasteiger partial charge in [0.25, 0.3) is 0 Å². The molecule has 0 aliphatic rings. The molecule has 1 rings (SSSR count). The Bertz CT molecular complexity index is 320. The van der Waals surface area contributed by atoms with Crippen LogP contribution in [-0.4, -0.2) is 65.6 Å². The molecule has 0 aliphatic carbocycles. The van der Waals surface area contributed by atoms with Gasteiger partial charge in [0, 0.05) is 27.2 Å². The molecule has 0 atom stereocenters. The van der Waals surface area contributed by atoms with Crippen LogP contribution in [0.25, 0.3) is 0 Å². The van der Waals surface area contributed by atoms with Gasteiger partial charge < -0.3 is 25.7 Å². The highest BCUT2D eigenvalue weighted by Gasteiger charge is 2.11. The third-order valence-electron chi connectivity index (χ3n) is 2.09. The van der Waals surface area contributed by atoms with E-state index in [1.165, 1.54) is 0 Å². The van der Waals surface area contributed by atoms with Crippen LogP contribution in [0.15, 0.2) is 0 Å². The summed E-state index contributed by atoms with van der Waals surface area (Å²) in [5, 5.41) is 23.6. The van der Waals surface area contributed by atoms with Crippen molar-refractivity contribution in [1.82, 2.24) is 15.0 Å². The second kappa shape index (κ2) is 6.81. The maximum Gasteiger partial charge on any atom is 0.232 e. The van der Waals surface area contributed by atoms with Crippen molar-refractivity contribution in [2.75, 3.05) is 55.9 Å². The molecule has 1 aromatic heterocycles. The highest BCUT2D eigenvalue weighted by atomic mass is 16.3. The highest BCUT2D eigenvalue weighted by molar-refractivity contribution is 5.43. The van der Waals surface area contributed by atoms with Gasteiger partial charge in [0.1, 0.15) is 0 Å². The lowest BCUT2D eigenvalue weighted by Crippen LogP contribution is -2.31. The Morgan fingerprint density at radius 2 is 1.41 bits per heavy atom. The number of anilines is 3. The maximum atomic E-state index is 8.95. The summed E-state index contributed by atoms with van der Waals surface area (Å²) in [4.78, 5) is 14.1. The van der Waals surface area contributed by atoms with Crippen molar-refractivity contribution in [3.8, 4) is 0 Å². The fraction of sp³-hybridized carbons (Fsp3) is 0.667. The van der Waals surface area contributed by atoms with Gasteiger partial charge in [-0.05, 0) is 0 Å². The highest BCUT2D eigenvalue weighted by Crippen LogP contribution is 2.12. The Morgan fingerprint density at radius 3 is 1.76 bits per heavy atom. The summed E-state index contributed by atoms with van der Waals surface area (Å²) in [5.74, 6) is 1.28. The summed E-state index contributed by atoms with van der Waals surface area (Å²) in [6, 6.07) is 0. The van der Waals surface area contributed by atoms with Gasteiger partial charge >= 0.3 is 0 Å². The lowest BCUT2D eigenvalue weighted by molar-refractivity contribution is 0.280. The van der Waals surface area contributed by atoms with E-state index < -0.39 is 0 Å². The number of hydrogen-bond acceptors (Lipinski definition) is 8. The Kier molecular flexibility index (Phi) is 5.37. The minimum Gasteiger partial charge on any atom is -0.395 e. The predicted octanol–water partition coefficient (Wildman–Crippen LogP) is -1.25. The summed E-state index contributed by atoms with van der Waals surface area (Å²) in [6.45, 7) is 0.651. The molecule has 0 saturated carbocycles. The number of rotatable bonds is 7. The second-order valence-corrected chi connectivity index (χ2v) is 3.22. The molecule has 0 fully saturated rings. The van der Waals surface area contributed by atoms with Crippen molar-refractivity contribution >= 4 is 17.8 Å². The van der Waals surface area contributed by atoms with Crippen LogP contribution < -0.4 is 15.5 Å². The normalized spacial score (nSPS) is 10.1. The molecule has 96 valence electrons. The van der Waals surface area contributed by atoms with E-state index in [9.17, 15) is 0 Å². The summed E-state index contributed by atoms with van der Waals surface area (Å²) >= 11 is 0. The van der Waals surface area contributed by atoms with E-state index in [-0.39, 0.29) is 13.2 Å². The van der Waals surface area contributed by atoms with Gasteiger partial charge in [-0.15, -0.1) is 0 Å². The van der Waals surface area contributed by atoms with Gasteiger partial charge in [-0.3, -0.25) is 0 Å². The Morgan fingerprint density at radius 1 is 0.941 bits per heavy atom. The van der Waals surface area contributed by atoms with E-state index in [1.807, 2.05) is 0 Å². The third kappa shape index (κ3) is 3.68. The Balaban J connectivity index is 2.99. The molecule has 0 saturated heterocycles. The van der Waals surface area contributed by atoms with Crippen LogP contribution in [-0.2, 0) is 0 Å². The van der Waals surface area contributed by atoms with E-state index in [0.717, 1.165) is 0 Å². The zero-order valence-electron chi connectivity index (χ0n) is 10.0. The van der Waals surface area contributed by atoms with Crippen LogP contribution in [0, 0.1) is 0 Å². The smallest absolute Gasteiger partial charge is 0.232 e. The van der Waals surface area contributed by atoms with E-state index in [4.69, 9.17) is 10.2 Å². The molecule has 17 heavy (non-hydrogen) atoms. The molecule has 0 spiro atoms. The van der Waals surface area contributed by atoms with Crippen molar-refractivity contribution in [1.29, 1.82) is 0 Å². The molecular weight excluding hydrogens is 224 g/mol. The van der Waals surface area contributed by atoms with Gasteiger partial charge in [0.15, 0.2) is 0 Å². The average Bonchev–Trinajstić information content (AvgIpc) is 2.37. The quantitative estimate of drug-likeness (QED) is 0.470. The SMILES string of the molecule is CNc1nc(NC)nc(N(CCO)CCO)n1. The van der Waals surface area contributed by atoms with Crippen LogP contribution >= 0.6 is 0 Å². The van der Waals surface area contributed by atoms with Gasteiger partial charge in [-0.2, -0.15) is 15.0 Å². The Labute approximate surface area is 99.7 Å². The average molecular weight is 242 g/mol. The standard InChI is InChI=1S/C9H18N6O2/c1-10-7-12-8(11-2)14-9(13-7)15(3-5-16)4-6-17/h16-17H,3-6H2,1-2H3,(H2,10,11,12,13,14). The fourth-order valence-corrected chi connectivity index (χ4v) is 1.28. The molecule has 0 amide bonds. The number of aliphatic hydroxyl groups excluding tert-OH is 2. The molecule has 8 nitrogen and oxygen atoms in total. The van der Waals surface area contributed by atoms with Crippen molar-refractivity contribution in [2.45, 2.75) is 0 Å². The van der Waals surface area contributed by atoms with Gasteiger partial charge in [-0.1, -0.05) is 0 Å². The molecular formula is C9H18N6O2. The monoisotopic (exact) mass is 242 g/mol. The van der Waals surface area contributed by atoms with Crippen LogP contribution in [0.4, 0.5) is 17.8 Å². The second-order valence-electron chi connectivity index (χ2n) is 3.22. The number of aliphatic hydroxyl groups is 2. The molecule has 8 heteroatoms. The first kappa shape index (κ1) is 13.4. The van der Waals surface area contributed by atoms with Crippen LogP contribution in [0.2, 0.25) is 0 Å². The zero-order valence-corrected chi connectivity index (χ0v) is 10.0. The van der Waals surface area contributed by atoms with Gasteiger partial charge in [0.2, 0.25) is 17.8 Å². The predicted molar refractivity (Wildman–Crippen MR) is 65.3 cm³/mol. The molecule has 4 N–H and O–H groups in total. The third-order valence-corrected chi connectivity index (χ3v) is 2.09. The first-order chi connectivity index (χ1) is 8.24. The van der Waals surface area contributed by atoms with E-state index in [2.05, 4.69) is 25.6 Å². The lowest BCUT2D eigenvalue weighted by Gasteiger charge is -2.21. The molecule has 0 radical (unpaired) electrons. The van der Waals surface area contributed by atoms with Crippen LogP contribution in [0.1, 0.15) is 0 Å². The summed E-state index contributed by atoms with van der Waals surface area (Å²) in [5.41, 5.74) is 0. The van der Waals surface area contributed by atoms with Crippen LogP contribution in [0.5, 0.6) is 0 Å². The number of hydrogen-bond donors (Lipinski definition) is 4. The topological polar surface area (TPSA) is 106 Å². The molecule has 1 aromatic rings. The Hall–Kier alpha value is -1.67. The summed E-state index contributed by atoms with van der Waals surface area (Å²) in [7, 11) is 3.42.